The molecule has 1 aromatic rings. The summed E-state index contributed by atoms with van der Waals surface area (Å²) in [6.45, 7) is 1.57. The lowest BCUT2D eigenvalue weighted by atomic mass is 10.6. The zero-order valence-electron chi connectivity index (χ0n) is 7.93. The van der Waals surface area contributed by atoms with Crippen LogP contribution < -0.4 is 10.5 Å². The Labute approximate surface area is 92.1 Å². The second-order valence-corrected chi connectivity index (χ2v) is 5.11. The zero-order valence-corrected chi connectivity index (χ0v) is 9.56. The van der Waals surface area contributed by atoms with Gasteiger partial charge in [-0.05, 0) is 0 Å². The van der Waals surface area contributed by atoms with Gasteiger partial charge >= 0.3 is 0 Å². The van der Waals surface area contributed by atoms with Crippen LogP contribution in [-0.4, -0.2) is 29.3 Å². The van der Waals surface area contributed by atoms with E-state index in [1.54, 1.807) is 6.92 Å². The van der Waals surface area contributed by atoms with Gasteiger partial charge in [-0.3, -0.25) is 0 Å². The van der Waals surface area contributed by atoms with E-state index in [-0.39, 0.29) is 23.1 Å². The van der Waals surface area contributed by atoms with Gasteiger partial charge in [0, 0.05) is 6.92 Å². The van der Waals surface area contributed by atoms with E-state index in [0.29, 0.717) is 5.89 Å². The first-order valence-corrected chi connectivity index (χ1v) is 6.00. The number of rotatable bonds is 5. The van der Waals surface area contributed by atoms with Crippen molar-refractivity contribution in [3.63, 3.8) is 0 Å². The van der Waals surface area contributed by atoms with Crippen LogP contribution in [0.2, 0.25) is 0 Å². The normalized spacial score (nSPS) is 11.5. The average Bonchev–Trinajstić information content (AvgIpc) is 2.46. The summed E-state index contributed by atoms with van der Waals surface area (Å²) in [5.74, 6) is 0.247. The summed E-state index contributed by atoms with van der Waals surface area (Å²) in [5, 5.41) is 3.52. The summed E-state index contributed by atoms with van der Waals surface area (Å²) in [4.78, 5) is 3.73. The zero-order chi connectivity index (χ0) is 11.5. The smallest absolute Gasteiger partial charge is 0.223 e. The fraction of sp³-hybridized carbons (Fsp3) is 0.500. The van der Waals surface area contributed by atoms with Crippen molar-refractivity contribution in [2.24, 2.45) is 5.73 Å². The Morgan fingerprint density at radius 3 is 2.80 bits per heavy atom. The van der Waals surface area contributed by atoms with Gasteiger partial charge in [0.25, 0.3) is 0 Å². The highest BCUT2D eigenvalue weighted by atomic mass is 32.2. The molecule has 0 amide bonds. The van der Waals surface area contributed by atoms with Gasteiger partial charge in [-0.2, -0.15) is 4.98 Å². The predicted octanol–water partition coefficient (Wildman–Crippen LogP) is -0.916. The van der Waals surface area contributed by atoms with Crippen LogP contribution in [0, 0.1) is 6.92 Å². The maximum Gasteiger partial charge on any atom is 0.223 e. The summed E-state index contributed by atoms with van der Waals surface area (Å²) in [6.07, 6.45) is 0. The molecule has 0 aromatic carbocycles. The second-order valence-electron chi connectivity index (χ2n) is 2.78. The van der Waals surface area contributed by atoms with Crippen LogP contribution >= 0.6 is 12.2 Å². The highest BCUT2D eigenvalue weighted by Gasteiger charge is 2.13. The van der Waals surface area contributed by atoms with E-state index >= 15 is 0 Å². The van der Waals surface area contributed by atoms with Gasteiger partial charge in [-0.15, -0.1) is 0 Å². The molecule has 1 aromatic heterocycles. The second kappa shape index (κ2) is 4.64. The van der Waals surface area contributed by atoms with E-state index in [4.69, 9.17) is 5.73 Å². The number of nitrogens with zero attached hydrogens (tertiary/aromatic N) is 2. The van der Waals surface area contributed by atoms with Crippen molar-refractivity contribution in [3.8, 4) is 0 Å². The first kappa shape index (κ1) is 12.0. The molecule has 9 heteroatoms. The molecule has 0 aliphatic carbocycles. The van der Waals surface area contributed by atoms with E-state index < -0.39 is 10.0 Å². The first-order valence-electron chi connectivity index (χ1n) is 3.94. The van der Waals surface area contributed by atoms with Crippen LogP contribution in [0.3, 0.4) is 0 Å². The molecule has 0 atom stereocenters. The molecule has 0 spiro atoms. The predicted molar refractivity (Wildman–Crippen MR) is 56.4 cm³/mol. The van der Waals surface area contributed by atoms with E-state index in [2.05, 4.69) is 31.6 Å². The number of hydrogen-bond acceptors (Lipinski definition) is 6. The lowest BCUT2D eigenvalue weighted by Gasteiger charge is -2.02. The average molecular weight is 250 g/mol. The van der Waals surface area contributed by atoms with Crippen molar-refractivity contribution in [1.29, 1.82) is 0 Å². The number of sulfonamides is 1. The van der Waals surface area contributed by atoms with E-state index in [1.165, 1.54) is 0 Å². The van der Waals surface area contributed by atoms with Crippen molar-refractivity contribution in [2.45, 2.75) is 13.5 Å². The standard InChI is InChI=1S/C6H10N4O3S2/c1-4-9-6(10-13-4)2-8-15(11,12)3-5(7)14/h8H,2-3H2,1H3,(H2,7,14). The summed E-state index contributed by atoms with van der Waals surface area (Å²) < 4.78 is 29.4. The van der Waals surface area contributed by atoms with Crippen LogP contribution in [-0.2, 0) is 16.6 Å². The molecular weight excluding hydrogens is 240 g/mol. The molecule has 15 heavy (non-hydrogen) atoms. The maximum atomic E-state index is 11.3. The minimum atomic E-state index is -3.51. The number of nitrogens with one attached hydrogen (secondary N) is 1. The Balaban J connectivity index is 2.53. The molecule has 0 saturated carbocycles. The highest BCUT2D eigenvalue weighted by Crippen LogP contribution is 1.95. The SMILES string of the molecule is Cc1nc(CNS(=O)(=O)CC(N)=S)no1. The topological polar surface area (TPSA) is 111 Å². The van der Waals surface area contributed by atoms with Crippen molar-refractivity contribution in [3.05, 3.63) is 11.7 Å². The van der Waals surface area contributed by atoms with Crippen LogP contribution in [0.1, 0.15) is 11.7 Å². The third kappa shape index (κ3) is 4.32. The van der Waals surface area contributed by atoms with Crippen molar-refractivity contribution in [1.82, 2.24) is 14.9 Å². The number of aromatic nitrogens is 2. The molecule has 1 heterocycles. The fourth-order valence-electron chi connectivity index (χ4n) is 0.826. The van der Waals surface area contributed by atoms with Gasteiger partial charge in [0.1, 0.15) is 5.75 Å². The molecule has 0 saturated heterocycles. The third-order valence-electron chi connectivity index (χ3n) is 1.35. The van der Waals surface area contributed by atoms with Gasteiger partial charge in [0.2, 0.25) is 15.9 Å². The Morgan fingerprint density at radius 1 is 1.67 bits per heavy atom. The Kier molecular flexibility index (Phi) is 3.72. The summed E-state index contributed by atoms with van der Waals surface area (Å²) in [7, 11) is -3.51. The van der Waals surface area contributed by atoms with Crippen LogP contribution in [0.5, 0.6) is 0 Å². The molecule has 0 radical (unpaired) electrons. The Morgan fingerprint density at radius 2 is 2.33 bits per heavy atom. The molecular formula is C6H10N4O3S2. The lowest BCUT2D eigenvalue weighted by molar-refractivity contribution is 0.387. The molecule has 0 fully saturated rings. The number of thiocarbonyl (C=S) groups is 1. The van der Waals surface area contributed by atoms with Gasteiger partial charge in [-0.1, -0.05) is 17.4 Å². The van der Waals surface area contributed by atoms with Crippen LogP contribution in [0.4, 0.5) is 0 Å². The molecule has 0 unspecified atom stereocenters. The molecule has 0 aliphatic heterocycles. The molecule has 0 bridgehead atoms. The highest BCUT2D eigenvalue weighted by molar-refractivity contribution is 7.92. The van der Waals surface area contributed by atoms with E-state index in [9.17, 15) is 8.42 Å². The van der Waals surface area contributed by atoms with E-state index in [0.717, 1.165) is 0 Å². The quantitative estimate of drug-likeness (QED) is 0.650. The lowest BCUT2D eigenvalue weighted by Crippen LogP contribution is -2.32. The molecule has 84 valence electrons. The number of aryl methyl sites for hydroxylation is 1. The fourth-order valence-corrected chi connectivity index (χ4v) is 2.12. The molecule has 1 rings (SSSR count). The monoisotopic (exact) mass is 250 g/mol. The minimum absolute atomic E-state index is 0.0394. The van der Waals surface area contributed by atoms with E-state index in [1.807, 2.05) is 0 Å². The van der Waals surface area contributed by atoms with Gasteiger partial charge < -0.3 is 10.3 Å². The summed E-state index contributed by atoms with van der Waals surface area (Å²) in [6, 6.07) is 0. The largest absolute Gasteiger partial charge is 0.392 e. The number of hydrogen-bond donors (Lipinski definition) is 2. The van der Waals surface area contributed by atoms with Gasteiger partial charge in [0.15, 0.2) is 5.82 Å². The Bertz CT molecular complexity index is 453. The minimum Gasteiger partial charge on any atom is -0.392 e. The van der Waals surface area contributed by atoms with Crippen molar-refractivity contribution in [2.75, 3.05) is 5.75 Å². The van der Waals surface area contributed by atoms with Gasteiger partial charge in [-0.25, -0.2) is 13.1 Å². The van der Waals surface area contributed by atoms with Crippen molar-refractivity contribution < 1.29 is 12.9 Å². The number of nitrogens with two attached hydrogens (primary N) is 1. The first-order chi connectivity index (χ1) is 6.89. The summed E-state index contributed by atoms with van der Waals surface area (Å²) in [5.41, 5.74) is 5.11. The Hall–Kier alpha value is -1.06. The molecule has 7 nitrogen and oxygen atoms in total. The van der Waals surface area contributed by atoms with Crippen LogP contribution in [0.15, 0.2) is 4.52 Å². The van der Waals surface area contributed by atoms with Gasteiger partial charge in [0.05, 0.1) is 11.5 Å². The third-order valence-corrected chi connectivity index (χ3v) is 2.95. The molecule has 3 N–H and O–H groups in total. The molecule has 0 aliphatic rings. The van der Waals surface area contributed by atoms with Crippen molar-refractivity contribution >= 4 is 27.2 Å². The summed E-state index contributed by atoms with van der Waals surface area (Å²) >= 11 is 4.49. The van der Waals surface area contributed by atoms with Crippen LogP contribution in [0.25, 0.3) is 0 Å². The maximum absolute atomic E-state index is 11.3.